The van der Waals surface area contributed by atoms with E-state index in [-0.39, 0.29) is 0 Å². The van der Waals surface area contributed by atoms with Crippen molar-refractivity contribution < 1.29 is 9.47 Å². The minimum Gasteiger partial charge on any atom is -0.496 e. The number of benzene rings is 2. The van der Waals surface area contributed by atoms with Crippen LogP contribution in [0.2, 0.25) is 0 Å². The number of methoxy groups -OCH3 is 2. The molecule has 8 heteroatoms. The van der Waals surface area contributed by atoms with Gasteiger partial charge in [-0.2, -0.15) is 0 Å². The molecular weight excluding hydrogens is 657 g/mol. The first-order valence-corrected chi connectivity index (χ1v) is 22.6. The molecule has 0 aliphatic rings. The third-order valence-corrected chi connectivity index (χ3v) is 11.6. The Morgan fingerprint density at radius 1 is 0.380 bits per heavy atom. The van der Waals surface area contributed by atoms with Crippen molar-refractivity contribution in [1.29, 1.82) is 0 Å². The van der Waals surface area contributed by atoms with Crippen LogP contribution in [-0.4, -0.2) is 65.0 Å². The number of hydrogen-bond donors (Lipinski definition) is 4. The lowest BCUT2D eigenvalue weighted by Gasteiger charge is -2.09. The van der Waals surface area contributed by atoms with E-state index in [1.54, 1.807) is 14.2 Å². The van der Waals surface area contributed by atoms with E-state index in [0.29, 0.717) is 0 Å². The summed E-state index contributed by atoms with van der Waals surface area (Å²) < 4.78 is 10.9. The van der Waals surface area contributed by atoms with E-state index in [1.165, 1.54) is 151 Å². The van der Waals surface area contributed by atoms with Gasteiger partial charge in [0.15, 0.2) is 0 Å². The molecule has 4 N–H and O–H groups in total. The number of rotatable bonds is 37. The summed E-state index contributed by atoms with van der Waals surface area (Å²) >= 11 is 0. The third-order valence-electron chi connectivity index (χ3n) is 9.24. The van der Waals surface area contributed by atoms with Gasteiger partial charge in [0, 0.05) is 48.8 Å². The van der Waals surface area contributed by atoms with E-state index in [4.69, 9.17) is 9.47 Å². The summed E-state index contributed by atoms with van der Waals surface area (Å²) in [5.41, 5.74) is 2.49. The smallest absolute Gasteiger partial charge is 0.123 e. The van der Waals surface area contributed by atoms with Crippen molar-refractivity contribution >= 4 is 21.6 Å². The normalized spacial score (nSPS) is 11.3. The van der Waals surface area contributed by atoms with Gasteiger partial charge in [-0.3, -0.25) is 0 Å². The maximum Gasteiger partial charge on any atom is 0.123 e. The Bertz CT molecular complexity index is 936. The van der Waals surface area contributed by atoms with Crippen LogP contribution < -0.4 is 30.7 Å². The van der Waals surface area contributed by atoms with Gasteiger partial charge in [-0.1, -0.05) is 148 Å². The molecule has 0 saturated heterocycles. The third kappa shape index (κ3) is 25.5. The van der Waals surface area contributed by atoms with Crippen LogP contribution >= 0.6 is 21.6 Å². The minimum absolute atomic E-state index is 0.893. The van der Waals surface area contributed by atoms with Gasteiger partial charge in [0.05, 0.1) is 14.2 Å². The topological polar surface area (TPSA) is 66.6 Å². The molecule has 0 radical (unpaired) electrons. The summed E-state index contributed by atoms with van der Waals surface area (Å²) in [6.07, 6.45) is 24.5. The fourth-order valence-electron chi connectivity index (χ4n) is 6.21. The van der Waals surface area contributed by atoms with E-state index in [1.807, 2.05) is 45.9 Å². The zero-order valence-electron chi connectivity index (χ0n) is 32.1. The zero-order valence-corrected chi connectivity index (χ0v) is 33.7. The summed E-state index contributed by atoms with van der Waals surface area (Å²) in [6, 6.07) is 16.6. The first-order valence-electron chi connectivity index (χ1n) is 20.2. The average molecular weight is 731 g/mol. The van der Waals surface area contributed by atoms with Gasteiger partial charge in [-0.15, -0.1) is 0 Å². The van der Waals surface area contributed by atoms with E-state index in [9.17, 15) is 0 Å². The van der Waals surface area contributed by atoms with Crippen molar-refractivity contribution in [3.8, 4) is 11.5 Å². The van der Waals surface area contributed by atoms with Crippen LogP contribution in [0, 0.1) is 0 Å². The Labute approximate surface area is 316 Å². The number of unbranched alkanes of at least 4 members (excludes halogenated alkanes) is 16. The first kappa shape index (κ1) is 44.7. The van der Waals surface area contributed by atoms with Crippen molar-refractivity contribution in [2.45, 2.75) is 129 Å². The van der Waals surface area contributed by atoms with Gasteiger partial charge in [0.1, 0.15) is 11.5 Å². The highest BCUT2D eigenvalue weighted by Crippen LogP contribution is 2.20. The molecule has 0 aromatic heterocycles. The van der Waals surface area contributed by atoms with Crippen molar-refractivity contribution in [3.63, 3.8) is 0 Å². The quantitative estimate of drug-likeness (QED) is 0.0405. The van der Waals surface area contributed by atoms with Crippen molar-refractivity contribution in [1.82, 2.24) is 21.3 Å². The first-order chi connectivity index (χ1) is 24.8. The van der Waals surface area contributed by atoms with Crippen molar-refractivity contribution in [3.05, 3.63) is 59.7 Å². The van der Waals surface area contributed by atoms with E-state index >= 15 is 0 Å². The van der Waals surface area contributed by atoms with E-state index in [2.05, 4.69) is 45.5 Å². The predicted molar refractivity (Wildman–Crippen MR) is 223 cm³/mol. The Hall–Kier alpha value is -1.42. The van der Waals surface area contributed by atoms with Crippen LogP contribution in [0.15, 0.2) is 48.5 Å². The van der Waals surface area contributed by atoms with Crippen LogP contribution in [0.1, 0.15) is 127 Å². The van der Waals surface area contributed by atoms with Gasteiger partial charge >= 0.3 is 0 Å². The molecule has 286 valence electrons. The second kappa shape index (κ2) is 34.7. The van der Waals surface area contributed by atoms with Gasteiger partial charge in [-0.25, -0.2) is 0 Å². The molecule has 0 heterocycles. The fourth-order valence-corrected chi connectivity index (χ4v) is 8.11. The molecule has 2 rings (SSSR count). The highest BCUT2D eigenvalue weighted by molar-refractivity contribution is 8.76. The highest BCUT2D eigenvalue weighted by Gasteiger charge is 2.02. The summed E-state index contributed by atoms with van der Waals surface area (Å²) in [5, 5.41) is 14.4. The Balaban J connectivity index is 1.16. The molecular formula is C42H74N4O2S2. The molecule has 0 amide bonds. The summed E-state index contributed by atoms with van der Waals surface area (Å²) in [5.74, 6) is 4.38. The minimum atomic E-state index is 0.893. The van der Waals surface area contributed by atoms with Crippen LogP contribution in [-0.2, 0) is 13.1 Å². The second-order valence-corrected chi connectivity index (χ2v) is 16.2. The lowest BCUT2D eigenvalue weighted by Crippen LogP contribution is -2.19. The maximum atomic E-state index is 5.43. The predicted octanol–water partition coefficient (Wildman–Crippen LogP) is 10.2. The van der Waals surface area contributed by atoms with Crippen LogP contribution in [0.3, 0.4) is 0 Å². The van der Waals surface area contributed by atoms with Gasteiger partial charge in [-0.05, 0) is 64.0 Å². The molecule has 0 aliphatic carbocycles. The van der Waals surface area contributed by atoms with E-state index < -0.39 is 0 Å². The van der Waals surface area contributed by atoms with Gasteiger partial charge in [0.25, 0.3) is 0 Å². The Morgan fingerprint density at radius 2 is 0.680 bits per heavy atom. The molecule has 0 spiro atoms. The lowest BCUT2D eigenvalue weighted by atomic mass is 10.1. The Morgan fingerprint density at radius 3 is 1.02 bits per heavy atom. The van der Waals surface area contributed by atoms with Crippen molar-refractivity contribution in [2.24, 2.45) is 0 Å². The fraction of sp³-hybridized carbons (Fsp3) is 0.714. The second-order valence-electron chi connectivity index (χ2n) is 13.5. The SMILES string of the molecule is COc1ccccc1CNCCCCCCCCCCCNCCSSCCNCCCCCCCCCCCNCc1ccccc1OC. The van der Waals surface area contributed by atoms with Gasteiger partial charge < -0.3 is 30.7 Å². The molecule has 0 aliphatic heterocycles. The molecule has 0 unspecified atom stereocenters. The number of para-hydroxylation sites is 2. The standard InChI is InChI=1S/C42H74N4O2S2/c1-47-41-27-19-17-25-39(41)37-45-31-23-15-11-7-3-5-9-13-21-29-43-33-35-49-50-36-34-44-30-22-14-10-6-4-8-12-16-24-32-46-38-40-26-18-20-28-42(40)48-2/h17-20,25-28,43-46H,3-16,21-24,29-38H2,1-2H3. The highest BCUT2D eigenvalue weighted by atomic mass is 33.1. The number of ether oxygens (including phenoxy) is 2. The molecule has 2 aromatic rings. The average Bonchev–Trinajstić information content (AvgIpc) is 3.15. The van der Waals surface area contributed by atoms with E-state index in [0.717, 1.165) is 50.8 Å². The summed E-state index contributed by atoms with van der Waals surface area (Å²) in [7, 11) is 7.54. The largest absolute Gasteiger partial charge is 0.496 e. The van der Waals surface area contributed by atoms with Crippen LogP contribution in [0.4, 0.5) is 0 Å². The molecule has 50 heavy (non-hydrogen) atoms. The zero-order chi connectivity index (χ0) is 35.4. The lowest BCUT2D eigenvalue weighted by molar-refractivity contribution is 0.407. The molecule has 0 saturated carbocycles. The molecule has 0 bridgehead atoms. The van der Waals surface area contributed by atoms with Crippen LogP contribution in [0.25, 0.3) is 0 Å². The Kier molecular flexibility index (Phi) is 31.0. The maximum absolute atomic E-state index is 5.43. The molecule has 6 nitrogen and oxygen atoms in total. The molecule has 0 atom stereocenters. The van der Waals surface area contributed by atoms with Crippen LogP contribution in [0.5, 0.6) is 11.5 Å². The van der Waals surface area contributed by atoms with Crippen molar-refractivity contribution in [2.75, 3.05) is 65.0 Å². The summed E-state index contributed by atoms with van der Waals surface area (Å²) in [4.78, 5) is 0. The number of nitrogens with one attached hydrogen (secondary N) is 4. The molecule has 2 aromatic carbocycles. The van der Waals surface area contributed by atoms with Gasteiger partial charge in [0.2, 0.25) is 0 Å². The number of hydrogen-bond acceptors (Lipinski definition) is 8. The molecule has 0 fully saturated rings. The monoisotopic (exact) mass is 731 g/mol. The summed E-state index contributed by atoms with van der Waals surface area (Å²) in [6.45, 7) is 8.61.